The molecule has 0 saturated heterocycles. The Labute approximate surface area is 103 Å². The van der Waals surface area contributed by atoms with Crippen LogP contribution in [0.5, 0.6) is 0 Å². The number of hydrogen-bond donors (Lipinski definition) is 2. The molecule has 1 unspecified atom stereocenters. The van der Waals surface area contributed by atoms with Crippen LogP contribution in [0.3, 0.4) is 0 Å². The maximum atomic E-state index is 11.7. The summed E-state index contributed by atoms with van der Waals surface area (Å²) in [7, 11) is 0. The Balaban J connectivity index is 2.20. The first-order valence-corrected chi connectivity index (χ1v) is 6.28. The molecule has 5 heteroatoms. The zero-order chi connectivity index (χ0) is 12.3. The highest BCUT2D eigenvalue weighted by Gasteiger charge is 2.06. The number of thiophene rings is 1. The summed E-state index contributed by atoms with van der Waals surface area (Å²) in [6, 6.07) is 1.86. The monoisotopic (exact) mass is 247 g/mol. The maximum absolute atomic E-state index is 11.7. The molecule has 2 aromatic rings. The Kier molecular flexibility index (Phi) is 3.57. The van der Waals surface area contributed by atoms with Gasteiger partial charge in [-0.2, -0.15) is 0 Å². The molecule has 0 aliphatic rings. The second-order valence-electron chi connectivity index (χ2n) is 3.66. The van der Waals surface area contributed by atoms with Gasteiger partial charge in [0.1, 0.15) is 10.5 Å². The number of aromatic amines is 1. The van der Waals surface area contributed by atoms with E-state index in [1.54, 1.807) is 0 Å². The van der Waals surface area contributed by atoms with Crippen LogP contribution in [0, 0.1) is 12.3 Å². The summed E-state index contributed by atoms with van der Waals surface area (Å²) in [5.74, 6) is 3.26. The number of aromatic nitrogens is 2. The van der Waals surface area contributed by atoms with Crippen LogP contribution in [0.15, 0.2) is 16.2 Å². The van der Waals surface area contributed by atoms with E-state index >= 15 is 0 Å². The maximum Gasteiger partial charge on any atom is 0.268 e. The van der Waals surface area contributed by atoms with Crippen molar-refractivity contribution in [3.8, 4) is 12.3 Å². The molecule has 0 radical (unpaired) electrons. The number of fused-ring (bicyclic) bond motifs is 1. The van der Waals surface area contributed by atoms with Crippen LogP contribution in [0.2, 0.25) is 0 Å². The van der Waals surface area contributed by atoms with Crippen LogP contribution in [0.1, 0.15) is 19.2 Å². The van der Waals surface area contributed by atoms with E-state index in [1.807, 2.05) is 18.4 Å². The fraction of sp³-hybridized carbons (Fsp3) is 0.333. The van der Waals surface area contributed by atoms with Gasteiger partial charge in [0.15, 0.2) is 0 Å². The Morgan fingerprint density at radius 3 is 3.24 bits per heavy atom. The van der Waals surface area contributed by atoms with Crippen molar-refractivity contribution < 1.29 is 0 Å². The summed E-state index contributed by atoms with van der Waals surface area (Å²) in [6.45, 7) is 2.49. The highest BCUT2D eigenvalue weighted by molar-refractivity contribution is 7.17. The van der Waals surface area contributed by atoms with E-state index in [-0.39, 0.29) is 11.6 Å². The highest BCUT2D eigenvalue weighted by Crippen LogP contribution is 2.13. The second-order valence-corrected chi connectivity index (χ2v) is 4.57. The lowest BCUT2D eigenvalue weighted by Gasteiger charge is -2.09. The predicted molar refractivity (Wildman–Crippen MR) is 70.0 cm³/mol. The van der Waals surface area contributed by atoms with Crippen molar-refractivity contribution in [3.05, 3.63) is 27.6 Å². The Morgan fingerprint density at radius 1 is 1.71 bits per heavy atom. The van der Waals surface area contributed by atoms with Gasteiger partial charge in [0.05, 0.1) is 18.1 Å². The molecule has 0 aliphatic carbocycles. The van der Waals surface area contributed by atoms with Crippen LogP contribution in [-0.4, -0.2) is 16.0 Å². The number of rotatable bonds is 4. The van der Waals surface area contributed by atoms with Crippen molar-refractivity contribution in [1.29, 1.82) is 0 Å². The van der Waals surface area contributed by atoms with Gasteiger partial charge in [-0.05, 0) is 17.9 Å². The van der Waals surface area contributed by atoms with Crippen molar-refractivity contribution >= 4 is 21.6 Å². The van der Waals surface area contributed by atoms with Gasteiger partial charge < -0.3 is 4.98 Å². The van der Waals surface area contributed by atoms with E-state index in [4.69, 9.17) is 6.42 Å². The second kappa shape index (κ2) is 5.13. The average Bonchev–Trinajstić information content (AvgIpc) is 2.79. The van der Waals surface area contributed by atoms with E-state index in [2.05, 4.69) is 21.2 Å². The number of nitrogens with one attached hydrogen (secondary N) is 2. The van der Waals surface area contributed by atoms with Crippen LogP contribution < -0.4 is 10.9 Å². The Hall–Kier alpha value is -1.64. The van der Waals surface area contributed by atoms with Crippen LogP contribution in [-0.2, 0) is 6.54 Å². The number of terminal acetylenes is 1. The zero-order valence-electron chi connectivity index (χ0n) is 9.49. The molecule has 0 bridgehead atoms. The quantitative estimate of drug-likeness (QED) is 0.805. The van der Waals surface area contributed by atoms with Crippen molar-refractivity contribution in [3.63, 3.8) is 0 Å². The lowest BCUT2D eigenvalue weighted by atomic mass is 10.2. The molecule has 4 nitrogen and oxygen atoms in total. The van der Waals surface area contributed by atoms with Crippen molar-refractivity contribution in [2.75, 3.05) is 0 Å². The highest BCUT2D eigenvalue weighted by atomic mass is 32.1. The van der Waals surface area contributed by atoms with Crippen LogP contribution >= 0.6 is 11.3 Å². The average molecular weight is 247 g/mol. The molecule has 2 rings (SSSR count). The summed E-state index contributed by atoms with van der Waals surface area (Å²) in [5, 5.41) is 5.02. The molecule has 0 spiro atoms. The van der Waals surface area contributed by atoms with E-state index in [9.17, 15) is 4.79 Å². The molecule has 2 aromatic heterocycles. The fourth-order valence-corrected chi connectivity index (χ4v) is 2.27. The first kappa shape index (κ1) is 11.8. The van der Waals surface area contributed by atoms with E-state index in [1.165, 1.54) is 11.3 Å². The molecular weight excluding hydrogens is 234 g/mol. The van der Waals surface area contributed by atoms with Gasteiger partial charge in [0.2, 0.25) is 0 Å². The topological polar surface area (TPSA) is 57.8 Å². The van der Waals surface area contributed by atoms with Gasteiger partial charge in [-0.15, -0.1) is 17.8 Å². The largest absolute Gasteiger partial charge is 0.308 e. The molecule has 0 aliphatic heterocycles. The molecular formula is C12H13N3OS. The Morgan fingerprint density at radius 2 is 2.53 bits per heavy atom. The normalized spacial score (nSPS) is 12.5. The smallest absolute Gasteiger partial charge is 0.268 e. The molecule has 0 amide bonds. The molecule has 0 aromatic carbocycles. The standard InChI is InChI=1S/C12H13N3OS/c1-3-8(4-2)13-7-10-14-9-5-6-17-11(9)12(16)15-10/h1,5-6,8,13H,4,7H2,2H3,(H,14,15,16). The number of hydrogen-bond acceptors (Lipinski definition) is 4. The van der Waals surface area contributed by atoms with E-state index in [0.29, 0.717) is 17.1 Å². The minimum atomic E-state index is -0.0874. The number of nitrogens with zero attached hydrogens (tertiary/aromatic N) is 1. The van der Waals surface area contributed by atoms with Gasteiger partial charge in [-0.25, -0.2) is 4.98 Å². The minimum absolute atomic E-state index is 0.0125. The predicted octanol–water partition coefficient (Wildman–Crippen LogP) is 1.49. The van der Waals surface area contributed by atoms with Gasteiger partial charge in [-0.3, -0.25) is 10.1 Å². The summed E-state index contributed by atoms with van der Waals surface area (Å²) in [4.78, 5) is 18.8. The molecule has 2 heterocycles. The molecule has 0 fully saturated rings. The zero-order valence-corrected chi connectivity index (χ0v) is 10.3. The van der Waals surface area contributed by atoms with Gasteiger partial charge in [0, 0.05) is 0 Å². The fourth-order valence-electron chi connectivity index (χ4n) is 1.55. The van der Waals surface area contributed by atoms with Gasteiger partial charge in [-0.1, -0.05) is 12.8 Å². The minimum Gasteiger partial charge on any atom is -0.308 e. The third kappa shape index (κ3) is 2.54. The lowest BCUT2D eigenvalue weighted by Crippen LogP contribution is -2.28. The third-order valence-corrected chi connectivity index (χ3v) is 3.39. The first-order valence-electron chi connectivity index (χ1n) is 5.40. The molecule has 0 saturated carbocycles. The summed E-state index contributed by atoms with van der Waals surface area (Å²) < 4.78 is 0.665. The van der Waals surface area contributed by atoms with Gasteiger partial charge in [0.25, 0.3) is 5.56 Å². The Bertz CT molecular complexity index is 608. The third-order valence-electron chi connectivity index (χ3n) is 2.49. The molecule has 2 N–H and O–H groups in total. The SMILES string of the molecule is C#CC(CC)NCc1nc2ccsc2c(=O)[nH]1. The van der Waals surface area contributed by atoms with Crippen LogP contribution in [0.25, 0.3) is 10.2 Å². The molecule has 17 heavy (non-hydrogen) atoms. The van der Waals surface area contributed by atoms with E-state index < -0.39 is 0 Å². The van der Waals surface area contributed by atoms with Crippen molar-refractivity contribution in [2.24, 2.45) is 0 Å². The summed E-state index contributed by atoms with van der Waals surface area (Å²) in [6.07, 6.45) is 6.20. The van der Waals surface area contributed by atoms with Crippen LogP contribution in [0.4, 0.5) is 0 Å². The molecule has 1 atom stereocenters. The van der Waals surface area contributed by atoms with E-state index in [0.717, 1.165) is 11.9 Å². The summed E-state index contributed by atoms with van der Waals surface area (Å²) in [5.41, 5.74) is 0.653. The van der Waals surface area contributed by atoms with Gasteiger partial charge >= 0.3 is 0 Å². The van der Waals surface area contributed by atoms with Crippen molar-refractivity contribution in [1.82, 2.24) is 15.3 Å². The first-order chi connectivity index (χ1) is 8.24. The summed E-state index contributed by atoms with van der Waals surface area (Å²) >= 11 is 1.40. The van der Waals surface area contributed by atoms with Crippen molar-refractivity contribution in [2.45, 2.75) is 25.9 Å². The molecule has 88 valence electrons. The number of H-pyrrole nitrogens is 1. The lowest BCUT2D eigenvalue weighted by molar-refractivity contribution is 0.577.